The molecule has 1 aromatic heterocycles. The molecule has 2 aromatic carbocycles. The van der Waals surface area contributed by atoms with E-state index in [1.807, 2.05) is 33.8 Å². The highest BCUT2D eigenvalue weighted by Gasteiger charge is 2.31. The van der Waals surface area contributed by atoms with Gasteiger partial charge in [-0.1, -0.05) is 29.3 Å². The number of halogens is 2. The van der Waals surface area contributed by atoms with Crippen LogP contribution in [0.5, 0.6) is 0 Å². The summed E-state index contributed by atoms with van der Waals surface area (Å²) < 4.78 is 1.95. The van der Waals surface area contributed by atoms with Crippen LogP contribution in [-0.2, 0) is 0 Å². The molecule has 2 fully saturated rings. The van der Waals surface area contributed by atoms with Crippen molar-refractivity contribution in [1.82, 2.24) is 20.0 Å². The zero-order valence-corrected chi connectivity index (χ0v) is 21.9. The third-order valence-electron chi connectivity index (χ3n) is 7.09. The molecule has 6 nitrogen and oxygen atoms in total. The number of carbonyl (C=O) groups is 1. The SMILES string of the molecule is Cc1ccc(N2CCN(C(=O)c3cnn(-c4ccc(Cl)cc4)c3C3CCNCC3)CC2)c(C)c1.Cl. The molecule has 2 aliphatic rings. The zero-order valence-electron chi connectivity index (χ0n) is 20.3. The van der Waals surface area contributed by atoms with Gasteiger partial charge in [-0.2, -0.15) is 5.10 Å². The molecule has 3 heterocycles. The Morgan fingerprint density at radius 1 is 1.00 bits per heavy atom. The van der Waals surface area contributed by atoms with E-state index in [1.165, 1.54) is 16.8 Å². The van der Waals surface area contributed by atoms with E-state index in [9.17, 15) is 4.79 Å². The van der Waals surface area contributed by atoms with Crippen LogP contribution in [0.1, 0.15) is 45.9 Å². The first kappa shape index (κ1) is 25.5. The van der Waals surface area contributed by atoms with Crippen molar-refractivity contribution in [2.24, 2.45) is 0 Å². The number of nitrogens with zero attached hydrogens (tertiary/aromatic N) is 4. The van der Waals surface area contributed by atoms with Gasteiger partial charge in [0.25, 0.3) is 5.91 Å². The van der Waals surface area contributed by atoms with Gasteiger partial charge in [0.1, 0.15) is 0 Å². The molecule has 8 heteroatoms. The van der Waals surface area contributed by atoms with Crippen LogP contribution in [-0.4, -0.2) is 59.9 Å². The molecule has 5 rings (SSSR count). The molecule has 0 aliphatic carbocycles. The van der Waals surface area contributed by atoms with Crippen molar-refractivity contribution in [3.8, 4) is 5.69 Å². The number of piperidine rings is 1. The van der Waals surface area contributed by atoms with Crippen molar-refractivity contribution in [2.75, 3.05) is 44.2 Å². The molecule has 186 valence electrons. The van der Waals surface area contributed by atoms with Gasteiger partial charge in [0, 0.05) is 42.8 Å². The second-order valence-corrected chi connectivity index (χ2v) is 9.86. The molecule has 3 aromatic rings. The minimum atomic E-state index is 0. The lowest BCUT2D eigenvalue weighted by molar-refractivity contribution is 0.0744. The van der Waals surface area contributed by atoms with Gasteiger partial charge in [-0.15, -0.1) is 12.4 Å². The first-order valence-electron chi connectivity index (χ1n) is 12.2. The van der Waals surface area contributed by atoms with E-state index in [1.54, 1.807) is 6.20 Å². The number of rotatable bonds is 4. The number of aromatic nitrogens is 2. The number of anilines is 1. The zero-order chi connectivity index (χ0) is 23.7. The van der Waals surface area contributed by atoms with Crippen LogP contribution in [0.25, 0.3) is 5.69 Å². The Morgan fingerprint density at radius 2 is 1.69 bits per heavy atom. The largest absolute Gasteiger partial charge is 0.368 e. The first-order chi connectivity index (χ1) is 16.5. The highest BCUT2D eigenvalue weighted by atomic mass is 35.5. The van der Waals surface area contributed by atoms with Gasteiger partial charge in [-0.05, 0) is 75.7 Å². The minimum Gasteiger partial charge on any atom is -0.368 e. The van der Waals surface area contributed by atoms with Crippen molar-refractivity contribution < 1.29 is 4.79 Å². The maximum atomic E-state index is 13.7. The van der Waals surface area contributed by atoms with E-state index in [4.69, 9.17) is 11.6 Å². The van der Waals surface area contributed by atoms with Gasteiger partial charge < -0.3 is 15.1 Å². The molecule has 0 radical (unpaired) electrons. The van der Waals surface area contributed by atoms with Crippen LogP contribution in [0.4, 0.5) is 5.69 Å². The van der Waals surface area contributed by atoms with E-state index in [0.717, 1.165) is 56.0 Å². The second-order valence-electron chi connectivity index (χ2n) is 9.43. The Morgan fingerprint density at radius 3 is 2.34 bits per heavy atom. The fraction of sp³-hybridized carbons (Fsp3) is 0.407. The summed E-state index contributed by atoms with van der Waals surface area (Å²) in [5.41, 5.74) is 6.54. The average molecular weight is 515 g/mol. The lowest BCUT2D eigenvalue weighted by Crippen LogP contribution is -2.49. The van der Waals surface area contributed by atoms with Gasteiger partial charge in [0.05, 0.1) is 23.1 Å². The number of hydrogen-bond donors (Lipinski definition) is 1. The number of aryl methyl sites for hydroxylation is 2. The van der Waals surface area contributed by atoms with Crippen LogP contribution in [0.15, 0.2) is 48.7 Å². The van der Waals surface area contributed by atoms with Gasteiger partial charge in [0.15, 0.2) is 0 Å². The molecular formula is C27H33Cl2N5O. The summed E-state index contributed by atoms with van der Waals surface area (Å²) in [7, 11) is 0. The molecule has 0 atom stereocenters. The first-order valence-corrected chi connectivity index (χ1v) is 12.5. The van der Waals surface area contributed by atoms with E-state index in [2.05, 4.69) is 47.4 Å². The number of piperazine rings is 1. The predicted octanol–water partition coefficient (Wildman–Crippen LogP) is 4.99. The maximum absolute atomic E-state index is 13.7. The van der Waals surface area contributed by atoms with E-state index >= 15 is 0 Å². The van der Waals surface area contributed by atoms with Crippen molar-refractivity contribution in [3.63, 3.8) is 0 Å². The predicted molar refractivity (Wildman–Crippen MR) is 145 cm³/mol. The molecule has 2 saturated heterocycles. The minimum absolute atomic E-state index is 0. The Bertz CT molecular complexity index is 1160. The summed E-state index contributed by atoms with van der Waals surface area (Å²) in [6, 6.07) is 14.3. The summed E-state index contributed by atoms with van der Waals surface area (Å²) in [5, 5.41) is 8.81. The maximum Gasteiger partial charge on any atom is 0.257 e. The standard InChI is InChI=1S/C27H32ClN5O.ClH/c1-19-3-8-25(20(2)17-19)31-13-15-32(16-14-31)27(34)24-18-30-33(23-6-4-22(28)5-7-23)26(24)21-9-11-29-12-10-21;/h3-8,17-18,21,29H,9-16H2,1-2H3;1H. The van der Waals surface area contributed by atoms with Gasteiger partial charge in [-0.3, -0.25) is 4.79 Å². The smallest absolute Gasteiger partial charge is 0.257 e. The molecule has 1 amide bonds. The van der Waals surface area contributed by atoms with Gasteiger partial charge in [0.2, 0.25) is 0 Å². The lowest BCUT2D eigenvalue weighted by atomic mass is 9.91. The Kier molecular flexibility index (Phi) is 8.05. The van der Waals surface area contributed by atoms with Crippen LogP contribution < -0.4 is 10.2 Å². The fourth-order valence-electron chi connectivity index (χ4n) is 5.28. The highest BCUT2D eigenvalue weighted by Crippen LogP contribution is 2.32. The van der Waals surface area contributed by atoms with E-state index in [0.29, 0.717) is 24.0 Å². The van der Waals surface area contributed by atoms with Crippen molar-refractivity contribution in [1.29, 1.82) is 0 Å². The van der Waals surface area contributed by atoms with Crippen LogP contribution in [0.3, 0.4) is 0 Å². The molecular weight excluding hydrogens is 481 g/mol. The van der Waals surface area contributed by atoms with Crippen molar-refractivity contribution >= 4 is 35.6 Å². The van der Waals surface area contributed by atoms with Crippen LogP contribution >= 0.6 is 24.0 Å². The topological polar surface area (TPSA) is 53.4 Å². The Labute approximate surface area is 218 Å². The molecule has 1 N–H and O–H groups in total. The van der Waals surface area contributed by atoms with Gasteiger partial charge in [-0.25, -0.2) is 4.68 Å². The monoisotopic (exact) mass is 513 g/mol. The fourth-order valence-corrected chi connectivity index (χ4v) is 5.41. The number of amides is 1. The molecule has 0 saturated carbocycles. The molecule has 0 spiro atoms. The van der Waals surface area contributed by atoms with Crippen molar-refractivity contribution in [3.05, 3.63) is 76.1 Å². The quantitative estimate of drug-likeness (QED) is 0.533. The average Bonchev–Trinajstić information content (AvgIpc) is 3.30. The summed E-state index contributed by atoms with van der Waals surface area (Å²) in [6.07, 6.45) is 3.77. The third kappa shape index (κ3) is 5.35. The number of carbonyl (C=O) groups excluding carboxylic acids is 1. The second kappa shape index (κ2) is 11.0. The normalized spacial score (nSPS) is 16.8. The summed E-state index contributed by atoms with van der Waals surface area (Å²) in [6.45, 7) is 9.30. The third-order valence-corrected chi connectivity index (χ3v) is 7.35. The molecule has 35 heavy (non-hydrogen) atoms. The van der Waals surface area contributed by atoms with E-state index < -0.39 is 0 Å². The lowest BCUT2D eigenvalue weighted by Gasteiger charge is -2.37. The van der Waals surface area contributed by atoms with Crippen LogP contribution in [0.2, 0.25) is 5.02 Å². The Balaban J connectivity index is 0.00000289. The number of hydrogen-bond acceptors (Lipinski definition) is 4. The Hall–Kier alpha value is -2.54. The van der Waals surface area contributed by atoms with E-state index in [-0.39, 0.29) is 18.3 Å². The van der Waals surface area contributed by atoms with Crippen molar-refractivity contribution in [2.45, 2.75) is 32.6 Å². The molecule has 0 unspecified atom stereocenters. The summed E-state index contributed by atoms with van der Waals surface area (Å²) in [5.74, 6) is 0.392. The van der Waals surface area contributed by atoms with Crippen LogP contribution in [0, 0.1) is 13.8 Å². The highest BCUT2D eigenvalue weighted by molar-refractivity contribution is 6.30. The van der Waals surface area contributed by atoms with Gasteiger partial charge >= 0.3 is 0 Å². The number of benzene rings is 2. The number of nitrogens with one attached hydrogen (secondary N) is 1. The molecule has 0 bridgehead atoms. The summed E-state index contributed by atoms with van der Waals surface area (Å²) >= 11 is 6.12. The molecule has 2 aliphatic heterocycles. The summed E-state index contributed by atoms with van der Waals surface area (Å²) in [4.78, 5) is 18.1.